The molecule has 0 aliphatic heterocycles. The monoisotopic (exact) mass is 270 g/mol. The second-order valence-corrected chi connectivity index (χ2v) is 7.24. The molecule has 0 spiro atoms. The van der Waals surface area contributed by atoms with Gasteiger partial charge < -0.3 is 9.84 Å². The fraction of sp³-hybridized carbons (Fsp3) is 1.00. The van der Waals surface area contributed by atoms with Gasteiger partial charge in [-0.3, -0.25) is 0 Å². The molecular formula is C17H34O2. The van der Waals surface area contributed by atoms with Gasteiger partial charge in [-0.1, -0.05) is 65.7 Å². The molecular weight excluding hydrogens is 236 g/mol. The molecule has 1 atom stereocenters. The van der Waals surface area contributed by atoms with Crippen molar-refractivity contribution in [2.45, 2.75) is 104 Å². The Balaban J connectivity index is 2.58. The fourth-order valence-electron chi connectivity index (χ4n) is 2.73. The van der Waals surface area contributed by atoms with Crippen molar-refractivity contribution in [3.05, 3.63) is 0 Å². The molecule has 0 aromatic heterocycles. The van der Waals surface area contributed by atoms with E-state index in [2.05, 4.69) is 27.7 Å². The van der Waals surface area contributed by atoms with Gasteiger partial charge in [0.2, 0.25) is 0 Å². The highest BCUT2D eigenvalue weighted by molar-refractivity contribution is 4.80. The van der Waals surface area contributed by atoms with Crippen LogP contribution in [0, 0.1) is 5.41 Å². The molecule has 1 aliphatic rings. The zero-order chi connectivity index (χ0) is 14.4. The molecule has 0 bridgehead atoms. The average Bonchev–Trinajstić information content (AvgIpc) is 2.37. The predicted octanol–water partition coefficient (Wildman–Crippen LogP) is 5.04. The van der Waals surface area contributed by atoms with Crippen molar-refractivity contribution < 1.29 is 9.84 Å². The molecule has 19 heavy (non-hydrogen) atoms. The van der Waals surface area contributed by atoms with Crippen LogP contribution >= 0.6 is 0 Å². The first-order valence-electron chi connectivity index (χ1n) is 8.25. The van der Waals surface area contributed by atoms with E-state index >= 15 is 0 Å². The molecule has 0 heterocycles. The largest absolute Gasteiger partial charge is 0.367 e. The number of aliphatic hydroxyl groups excluding tert-OH is 1. The van der Waals surface area contributed by atoms with E-state index in [9.17, 15) is 5.11 Å². The average molecular weight is 270 g/mol. The Kier molecular flexibility index (Phi) is 6.82. The Morgan fingerprint density at radius 3 is 1.84 bits per heavy atom. The standard InChI is InChI=1S/C17H34O2/c1-5-16(2,3)15(18)19-17(4)13-11-9-7-6-8-10-12-14-17/h15,18H,5-14H2,1-4H3/t15-/m1/s1. The summed E-state index contributed by atoms with van der Waals surface area (Å²) in [6, 6.07) is 0. The van der Waals surface area contributed by atoms with Gasteiger partial charge in [-0.15, -0.1) is 0 Å². The first-order chi connectivity index (χ1) is 8.90. The van der Waals surface area contributed by atoms with E-state index in [1.807, 2.05) is 0 Å². The lowest BCUT2D eigenvalue weighted by Gasteiger charge is -2.38. The molecule has 1 N–H and O–H groups in total. The highest BCUT2D eigenvalue weighted by Crippen LogP contribution is 2.34. The van der Waals surface area contributed by atoms with Gasteiger partial charge in [-0.05, 0) is 26.2 Å². The Bertz CT molecular complexity index is 238. The maximum atomic E-state index is 10.4. The Morgan fingerprint density at radius 2 is 1.42 bits per heavy atom. The van der Waals surface area contributed by atoms with E-state index in [0.29, 0.717) is 0 Å². The second-order valence-electron chi connectivity index (χ2n) is 7.24. The van der Waals surface area contributed by atoms with Gasteiger partial charge in [-0.25, -0.2) is 0 Å². The quantitative estimate of drug-likeness (QED) is 0.725. The summed E-state index contributed by atoms with van der Waals surface area (Å²) in [6.07, 6.45) is 11.7. The lowest BCUT2D eigenvalue weighted by atomic mass is 9.86. The number of aliphatic hydroxyl groups is 1. The topological polar surface area (TPSA) is 29.5 Å². The first-order valence-corrected chi connectivity index (χ1v) is 8.25. The van der Waals surface area contributed by atoms with E-state index in [-0.39, 0.29) is 11.0 Å². The van der Waals surface area contributed by atoms with Crippen LogP contribution in [0.4, 0.5) is 0 Å². The second kappa shape index (κ2) is 7.64. The minimum absolute atomic E-state index is 0.136. The van der Waals surface area contributed by atoms with E-state index in [1.54, 1.807) is 0 Å². The third-order valence-corrected chi connectivity index (χ3v) is 4.89. The van der Waals surface area contributed by atoms with Gasteiger partial charge >= 0.3 is 0 Å². The van der Waals surface area contributed by atoms with E-state index in [1.165, 1.54) is 44.9 Å². The molecule has 0 aromatic rings. The summed E-state index contributed by atoms with van der Waals surface area (Å²) >= 11 is 0. The third kappa shape index (κ3) is 5.83. The minimum Gasteiger partial charge on any atom is -0.367 e. The maximum Gasteiger partial charge on any atom is 0.160 e. The van der Waals surface area contributed by atoms with Crippen molar-refractivity contribution in [1.82, 2.24) is 0 Å². The molecule has 0 saturated heterocycles. The van der Waals surface area contributed by atoms with Crippen LogP contribution in [0.1, 0.15) is 91.9 Å². The molecule has 0 amide bonds. The smallest absolute Gasteiger partial charge is 0.160 e. The van der Waals surface area contributed by atoms with Crippen molar-refractivity contribution in [2.24, 2.45) is 5.41 Å². The maximum absolute atomic E-state index is 10.4. The molecule has 1 rings (SSSR count). The predicted molar refractivity (Wildman–Crippen MR) is 81.1 cm³/mol. The zero-order valence-corrected chi connectivity index (χ0v) is 13.5. The zero-order valence-electron chi connectivity index (χ0n) is 13.5. The molecule has 0 aromatic carbocycles. The summed E-state index contributed by atoms with van der Waals surface area (Å²) < 4.78 is 6.12. The summed E-state index contributed by atoms with van der Waals surface area (Å²) in [5.74, 6) is 0. The van der Waals surface area contributed by atoms with E-state index in [0.717, 1.165) is 19.3 Å². The van der Waals surface area contributed by atoms with Crippen LogP contribution in [-0.4, -0.2) is 17.0 Å². The third-order valence-electron chi connectivity index (χ3n) is 4.89. The summed E-state index contributed by atoms with van der Waals surface area (Å²) in [5.41, 5.74) is -0.290. The molecule has 1 saturated carbocycles. The van der Waals surface area contributed by atoms with Crippen molar-refractivity contribution in [3.63, 3.8) is 0 Å². The lowest BCUT2D eigenvalue weighted by Crippen LogP contribution is -2.41. The number of hydrogen-bond acceptors (Lipinski definition) is 2. The number of hydrogen-bond donors (Lipinski definition) is 1. The van der Waals surface area contributed by atoms with E-state index in [4.69, 9.17) is 4.74 Å². The number of ether oxygens (including phenoxy) is 1. The van der Waals surface area contributed by atoms with Crippen LogP contribution < -0.4 is 0 Å². The van der Waals surface area contributed by atoms with Gasteiger partial charge in [-0.2, -0.15) is 0 Å². The molecule has 1 fully saturated rings. The minimum atomic E-state index is -0.648. The van der Waals surface area contributed by atoms with Gasteiger partial charge in [0, 0.05) is 5.41 Å². The van der Waals surface area contributed by atoms with Crippen LogP contribution in [0.15, 0.2) is 0 Å². The Hall–Kier alpha value is -0.0800. The van der Waals surface area contributed by atoms with Crippen LogP contribution in [0.3, 0.4) is 0 Å². The Labute approximate surface area is 119 Å². The molecule has 2 heteroatoms. The van der Waals surface area contributed by atoms with Gasteiger partial charge in [0.15, 0.2) is 6.29 Å². The SMILES string of the molecule is CCC(C)(C)[C@H](O)OC1(C)CCCCCCCCC1. The summed E-state index contributed by atoms with van der Waals surface area (Å²) in [6.45, 7) is 8.48. The van der Waals surface area contributed by atoms with Crippen LogP contribution in [0.2, 0.25) is 0 Å². The summed E-state index contributed by atoms with van der Waals surface area (Å²) in [7, 11) is 0. The first kappa shape index (κ1) is 17.0. The van der Waals surface area contributed by atoms with Gasteiger partial charge in [0.05, 0.1) is 5.60 Å². The van der Waals surface area contributed by atoms with Crippen molar-refractivity contribution in [2.75, 3.05) is 0 Å². The van der Waals surface area contributed by atoms with Gasteiger partial charge in [0.25, 0.3) is 0 Å². The molecule has 2 nitrogen and oxygen atoms in total. The normalized spacial score (nSPS) is 23.8. The van der Waals surface area contributed by atoms with Crippen molar-refractivity contribution in [1.29, 1.82) is 0 Å². The highest BCUT2D eigenvalue weighted by atomic mass is 16.6. The summed E-state index contributed by atoms with van der Waals surface area (Å²) in [5, 5.41) is 10.4. The van der Waals surface area contributed by atoms with Crippen molar-refractivity contribution >= 4 is 0 Å². The van der Waals surface area contributed by atoms with Crippen LogP contribution in [0.5, 0.6) is 0 Å². The molecule has 0 radical (unpaired) electrons. The molecule has 0 unspecified atom stereocenters. The highest BCUT2D eigenvalue weighted by Gasteiger charge is 2.34. The molecule has 114 valence electrons. The summed E-state index contributed by atoms with van der Waals surface area (Å²) in [4.78, 5) is 0. The number of rotatable bonds is 4. The Morgan fingerprint density at radius 1 is 1.00 bits per heavy atom. The van der Waals surface area contributed by atoms with Crippen LogP contribution in [-0.2, 0) is 4.74 Å². The van der Waals surface area contributed by atoms with Crippen molar-refractivity contribution in [3.8, 4) is 0 Å². The molecule has 1 aliphatic carbocycles. The fourth-order valence-corrected chi connectivity index (χ4v) is 2.73. The lowest BCUT2D eigenvalue weighted by molar-refractivity contribution is -0.231. The van der Waals surface area contributed by atoms with Gasteiger partial charge in [0.1, 0.15) is 0 Å². The van der Waals surface area contributed by atoms with E-state index < -0.39 is 6.29 Å². The van der Waals surface area contributed by atoms with Crippen LogP contribution in [0.25, 0.3) is 0 Å².